The van der Waals surface area contributed by atoms with Crippen LogP contribution in [0.5, 0.6) is 0 Å². The van der Waals surface area contributed by atoms with Crippen molar-refractivity contribution in [2.45, 2.75) is 45.6 Å². The van der Waals surface area contributed by atoms with Gasteiger partial charge in [0.15, 0.2) is 0 Å². The van der Waals surface area contributed by atoms with Crippen molar-refractivity contribution in [2.24, 2.45) is 0 Å². The van der Waals surface area contributed by atoms with Crippen LogP contribution < -0.4 is 5.32 Å². The van der Waals surface area contributed by atoms with Crippen molar-refractivity contribution in [1.29, 1.82) is 0 Å². The Morgan fingerprint density at radius 3 is 2.31 bits per heavy atom. The second-order valence-corrected chi connectivity index (χ2v) is 4.26. The summed E-state index contributed by atoms with van der Waals surface area (Å²) in [7, 11) is 0. The van der Waals surface area contributed by atoms with E-state index in [4.69, 9.17) is 0 Å². The molecule has 2 rings (SSSR count). The summed E-state index contributed by atoms with van der Waals surface area (Å²) in [5, 5.41) is 3.43. The summed E-state index contributed by atoms with van der Waals surface area (Å²) in [5.74, 6) is -0.153. The zero-order valence-electron chi connectivity index (χ0n) is 10.3. The van der Waals surface area contributed by atoms with Crippen LogP contribution in [0.3, 0.4) is 0 Å². The van der Waals surface area contributed by atoms with E-state index in [-0.39, 0.29) is 5.82 Å². The summed E-state index contributed by atoms with van der Waals surface area (Å²) < 4.78 is 12.6. The number of rotatable bonds is 1. The van der Waals surface area contributed by atoms with E-state index < -0.39 is 0 Å². The molecule has 0 spiro atoms. The van der Waals surface area contributed by atoms with Crippen molar-refractivity contribution in [1.82, 2.24) is 5.32 Å². The summed E-state index contributed by atoms with van der Waals surface area (Å²) in [6.45, 7) is 5.34. The van der Waals surface area contributed by atoms with E-state index in [0.29, 0.717) is 6.04 Å². The Morgan fingerprint density at radius 1 is 1.19 bits per heavy atom. The monoisotopic (exact) mass is 223 g/mol. The first-order valence-electron chi connectivity index (χ1n) is 6.26. The van der Waals surface area contributed by atoms with Crippen molar-refractivity contribution in [3.63, 3.8) is 0 Å². The molecule has 1 nitrogen and oxygen atoms in total. The second-order valence-electron chi connectivity index (χ2n) is 4.26. The Labute approximate surface area is 98.1 Å². The Morgan fingerprint density at radius 2 is 1.81 bits per heavy atom. The highest BCUT2D eigenvalue weighted by atomic mass is 19.1. The van der Waals surface area contributed by atoms with Crippen LogP contribution in [0.15, 0.2) is 24.3 Å². The fraction of sp³-hybridized carbons (Fsp3) is 0.571. The SMILES string of the molecule is CCC.Fc1ccc([C@@H]2CCCCN2)cc1. The second kappa shape index (κ2) is 7.39. The van der Waals surface area contributed by atoms with Crippen LogP contribution >= 0.6 is 0 Å². The van der Waals surface area contributed by atoms with Crippen LogP contribution in [0.2, 0.25) is 0 Å². The van der Waals surface area contributed by atoms with Gasteiger partial charge in [-0.3, -0.25) is 0 Å². The van der Waals surface area contributed by atoms with Crippen LogP contribution in [-0.4, -0.2) is 6.54 Å². The highest BCUT2D eigenvalue weighted by molar-refractivity contribution is 5.20. The Balaban J connectivity index is 0.000000386. The molecule has 1 aromatic carbocycles. The summed E-state index contributed by atoms with van der Waals surface area (Å²) in [5.41, 5.74) is 1.21. The molecule has 1 heterocycles. The molecule has 1 aliphatic rings. The molecule has 1 aromatic rings. The largest absolute Gasteiger partial charge is 0.310 e. The maximum atomic E-state index is 12.6. The molecule has 90 valence electrons. The Bertz CT molecular complexity index is 275. The van der Waals surface area contributed by atoms with Crippen molar-refractivity contribution >= 4 is 0 Å². The maximum absolute atomic E-state index is 12.6. The van der Waals surface area contributed by atoms with E-state index in [0.717, 1.165) is 6.54 Å². The molecule has 0 bridgehead atoms. The normalized spacial score (nSPS) is 19.8. The molecule has 1 atom stereocenters. The third-order valence-electron chi connectivity index (χ3n) is 2.58. The van der Waals surface area contributed by atoms with Gasteiger partial charge in [-0.1, -0.05) is 38.8 Å². The molecule has 1 saturated heterocycles. The lowest BCUT2D eigenvalue weighted by Gasteiger charge is -2.23. The average molecular weight is 223 g/mol. The molecule has 0 saturated carbocycles. The zero-order chi connectivity index (χ0) is 11.8. The van der Waals surface area contributed by atoms with Crippen molar-refractivity contribution < 1.29 is 4.39 Å². The first-order valence-corrected chi connectivity index (χ1v) is 6.26. The molecular weight excluding hydrogens is 201 g/mol. The predicted octanol–water partition coefficient (Wildman–Crippen LogP) is 4.06. The standard InChI is InChI=1S/C11H14FN.C3H8/c12-10-6-4-9(5-7-10)11-3-1-2-8-13-11;1-3-2/h4-7,11,13H,1-3,8H2;3H2,1-2H3/t11-;/m0./s1. The van der Waals surface area contributed by atoms with E-state index in [1.54, 1.807) is 0 Å². The van der Waals surface area contributed by atoms with Crippen molar-refractivity contribution in [3.8, 4) is 0 Å². The van der Waals surface area contributed by atoms with Gasteiger partial charge < -0.3 is 5.32 Å². The Hall–Kier alpha value is -0.890. The zero-order valence-corrected chi connectivity index (χ0v) is 10.3. The number of piperidine rings is 1. The fourth-order valence-corrected chi connectivity index (χ4v) is 1.83. The van der Waals surface area contributed by atoms with Gasteiger partial charge in [-0.2, -0.15) is 0 Å². The average Bonchev–Trinajstić information content (AvgIpc) is 2.32. The molecule has 16 heavy (non-hydrogen) atoms. The highest BCUT2D eigenvalue weighted by Crippen LogP contribution is 2.22. The fourth-order valence-electron chi connectivity index (χ4n) is 1.83. The van der Waals surface area contributed by atoms with E-state index in [1.807, 2.05) is 12.1 Å². The van der Waals surface area contributed by atoms with Crippen molar-refractivity contribution in [2.75, 3.05) is 6.54 Å². The lowest BCUT2D eigenvalue weighted by Crippen LogP contribution is -2.26. The van der Waals surface area contributed by atoms with Gasteiger partial charge in [0, 0.05) is 6.04 Å². The van der Waals surface area contributed by atoms with Gasteiger partial charge in [-0.25, -0.2) is 4.39 Å². The van der Waals surface area contributed by atoms with Crippen LogP contribution in [-0.2, 0) is 0 Å². The third kappa shape index (κ3) is 4.31. The third-order valence-corrected chi connectivity index (χ3v) is 2.58. The van der Waals surface area contributed by atoms with Crippen LogP contribution in [0.25, 0.3) is 0 Å². The van der Waals surface area contributed by atoms with Crippen LogP contribution in [0, 0.1) is 5.82 Å². The topological polar surface area (TPSA) is 12.0 Å². The maximum Gasteiger partial charge on any atom is 0.123 e. The summed E-state index contributed by atoms with van der Waals surface area (Å²) >= 11 is 0. The molecule has 1 N–H and O–H groups in total. The van der Waals surface area contributed by atoms with Crippen molar-refractivity contribution in [3.05, 3.63) is 35.6 Å². The molecule has 1 aliphatic heterocycles. The van der Waals surface area contributed by atoms with Gasteiger partial charge in [0.1, 0.15) is 5.82 Å². The molecule has 0 unspecified atom stereocenters. The van der Waals surface area contributed by atoms with Gasteiger partial charge in [-0.15, -0.1) is 0 Å². The number of hydrogen-bond acceptors (Lipinski definition) is 1. The van der Waals surface area contributed by atoms with Crippen LogP contribution in [0.4, 0.5) is 4.39 Å². The number of halogens is 1. The Kier molecular flexibility index (Phi) is 6.09. The van der Waals surface area contributed by atoms with Gasteiger partial charge in [0.2, 0.25) is 0 Å². The molecule has 2 heteroatoms. The molecule has 1 fully saturated rings. The predicted molar refractivity (Wildman–Crippen MR) is 67.0 cm³/mol. The lowest BCUT2D eigenvalue weighted by atomic mass is 9.98. The molecule has 0 aromatic heterocycles. The van der Waals surface area contributed by atoms with Crippen LogP contribution in [0.1, 0.15) is 51.1 Å². The minimum Gasteiger partial charge on any atom is -0.310 e. The smallest absolute Gasteiger partial charge is 0.123 e. The minimum absolute atomic E-state index is 0.153. The first kappa shape index (κ1) is 13.2. The van der Waals surface area contributed by atoms with Gasteiger partial charge in [-0.05, 0) is 37.1 Å². The van der Waals surface area contributed by atoms with Gasteiger partial charge in [0.05, 0.1) is 0 Å². The van der Waals surface area contributed by atoms with Gasteiger partial charge >= 0.3 is 0 Å². The number of benzene rings is 1. The summed E-state index contributed by atoms with van der Waals surface area (Å²) in [4.78, 5) is 0. The lowest BCUT2D eigenvalue weighted by molar-refractivity contribution is 0.412. The summed E-state index contributed by atoms with van der Waals surface area (Å²) in [6.07, 6.45) is 4.96. The molecule has 0 radical (unpaired) electrons. The van der Waals surface area contributed by atoms with E-state index in [1.165, 1.54) is 43.4 Å². The van der Waals surface area contributed by atoms with E-state index >= 15 is 0 Å². The highest BCUT2D eigenvalue weighted by Gasteiger charge is 2.13. The molecule has 0 amide bonds. The van der Waals surface area contributed by atoms with E-state index in [9.17, 15) is 4.39 Å². The number of nitrogens with one attached hydrogen (secondary N) is 1. The van der Waals surface area contributed by atoms with Gasteiger partial charge in [0.25, 0.3) is 0 Å². The molecular formula is C14H22FN. The first-order chi connectivity index (χ1) is 7.77. The van der Waals surface area contributed by atoms with E-state index in [2.05, 4.69) is 19.2 Å². The summed E-state index contributed by atoms with van der Waals surface area (Å²) in [6, 6.07) is 7.25. The molecule has 0 aliphatic carbocycles. The number of hydrogen-bond donors (Lipinski definition) is 1. The quantitative estimate of drug-likeness (QED) is 0.757. The minimum atomic E-state index is -0.153.